The molecule has 0 bridgehead atoms. The Hall–Kier alpha value is -5.96. The highest BCUT2D eigenvalue weighted by atomic mass is 31.2. The zero-order chi connectivity index (χ0) is 42.9. The number of halogens is 3. The highest BCUT2D eigenvalue weighted by Crippen LogP contribution is 2.49. The lowest BCUT2D eigenvalue weighted by Gasteiger charge is -2.16. The maximum absolute atomic E-state index is 13.1. The van der Waals surface area contributed by atoms with E-state index in [9.17, 15) is 41.7 Å². The minimum atomic E-state index is -4.69. The number of carboxylic acids is 1. The minimum Gasteiger partial charge on any atom is -0.481 e. The SMILES string of the molecule is CCOP(=O)(OCC)OCCCCNC(=O)c1ccc(C(F)(F)F)cc1NC(=O)CCCC(=O)O.NC(=O)c1ccc(NCc2cnc3nc(N)[nH]c(=O)c3n2)cc1. The lowest BCUT2D eigenvalue weighted by Crippen LogP contribution is -2.26. The summed E-state index contributed by atoms with van der Waals surface area (Å²) in [5, 5.41) is 16.5. The first kappa shape index (κ1) is 46.4. The molecule has 4 aromatic rings. The van der Waals surface area contributed by atoms with Crippen LogP contribution < -0.4 is 33.0 Å². The number of carbonyl (C=O) groups excluding carboxylic acids is 3. The molecule has 0 radical (unpaired) electrons. The number of primary amides is 1. The molecule has 2 aromatic heterocycles. The molecule has 0 aliphatic carbocycles. The summed E-state index contributed by atoms with van der Waals surface area (Å²) in [5.41, 5.74) is 10.7. The van der Waals surface area contributed by atoms with Crippen LogP contribution in [0, 0.1) is 0 Å². The lowest BCUT2D eigenvalue weighted by atomic mass is 10.1. The number of carbonyl (C=O) groups is 4. The van der Waals surface area contributed by atoms with Crippen molar-refractivity contribution in [2.24, 2.45) is 5.73 Å². The number of carboxylic acid groups (broad SMARTS) is 1. The van der Waals surface area contributed by atoms with Crippen LogP contribution in [0.2, 0.25) is 0 Å². The van der Waals surface area contributed by atoms with E-state index in [1.807, 2.05) is 0 Å². The molecule has 58 heavy (non-hydrogen) atoms. The number of phosphoric acid groups is 1. The Morgan fingerprint density at radius 1 is 0.948 bits per heavy atom. The molecule has 0 saturated carbocycles. The van der Waals surface area contributed by atoms with Crippen molar-refractivity contribution in [3.05, 3.63) is 81.4 Å². The minimum absolute atomic E-state index is 0.00258. The third-order valence-corrected chi connectivity index (χ3v) is 9.12. The van der Waals surface area contributed by atoms with Crippen LogP contribution in [0.5, 0.6) is 0 Å². The number of fused-ring (bicyclic) bond motifs is 1. The Morgan fingerprint density at radius 2 is 1.64 bits per heavy atom. The Kier molecular flexibility index (Phi) is 17.7. The number of amides is 3. The fourth-order valence-electron chi connectivity index (χ4n) is 4.76. The average Bonchev–Trinajstić information content (AvgIpc) is 3.15. The van der Waals surface area contributed by atoms with Crippen molar-refractivity contribution in [2.75, 3.05) is 42.7 Å². The third kappa shape index (κ3) is 15.2. The van der Waals surface area contributed by atoms with Gasteiger partial charge in [-0.2, -0.15) is 18.2 Å². The van der Waals surface area contributed by atoms with Crippen LogP contribution in [0.25, 0.3) is 11.2 Å². The summed E-state index contributed by atoms with van der Waals surface area (Å²) < 4.78 is 66.6. The zero-order valence-electron chi connectivity index (χ0n) is 31.4. The second-order valence-electron chi connectivity index (χ2n) is 11.9. The molecule has 2 heterocycles. The number of hydrogen-bond donors (Lipinski definition) is 7. The Morgan fingerprint density at radius 3 is 2.26 bits per heavy atom. The van der Waals surface area contributed by atoms with Crippen LogP contribution in [0.3, 0.4) is 0 Å². The van der Waals surface area contributed by atoms with E-state index in [4.69, 9.17) is 30.1 Å². The zero-order valence-corrected chi connectivity index (χ0v) is 32.3. The molecule has 314 valence electrons. The van der Waals surface area contributed by atoms with Gasteiger partial charge in [-0.3, -0.25) is 42.5 Å². The van der Waals surface area contributed by atoms with Crippen molar-refractivity contribution in [1.29, 1.82) is 0 Å². The number of benzene rings is 2. The number of nitrogens with zero attached hydrogens (tertiary/aromatic N) is 3. The Bertz CT molecular complexity index is 2150. The fourth-order valence-corrected chi connectivity index (χ4v) is 5.97. The van der Waals surface area contributed by atoms with Crippen LogP contribution in [0.4, 0.5) is 30.5 Å². The molecule has 0 aliphatic heterocycles. The van der Waals surface area contributed by atoms with Gasteiger partial charge < -0.3 is 32.5 Å². The average molecular weight is 838 g/mol. The molecule has 19 nitrogen and oxygen atoms in total. The van der Waals surface area contributed by atoms with Crippen molar-refractivity contribution in [3.8, 4) is 0 Å². The van der Waals surface area contributed by atoms with Gasteiger partial charge in [0.05, 0.1) is 55.1 Å². The number of anilines is 3. The normalized spacial score (nSPS) is 11.3. The van der Waals surface area contributed by atoms with Crippen molar-refractivity contribution in [3.63, 3.8) is 0 Å². The molecule has 0 spiro atoms. The van der Waals surface area contributed by atoms with Crippen molar-refractivity contribution in [2.45, 2.75) is 58.7 Å². The predicted octanol–water partition coefficient (Wildman–Crippen LogP) is 4.61. The van der Waals surface area contributed by atoms with Crippen molar-refractivity contribution in [1.82, 2.24) is 25.3 Å². The first-order chi connectivity index (χ1) is 27.4. The van der Waals surface area contributed by atoms with Gasteiger partial charge in [0.25, 0.3) is 11.5 Å². The van der Waals surface area contributed by atoms with Gasteiger partial charge in [-0.1, -0.05) is 0 Å². The topological polar surface area (TPSA) is 293 Å². The summed E-state index contributed by atoms with van der Waals surface area (Å²) >= 11 is 0. The van der Waals surface area contributed by atoms with E-state index in [0.717, 1.165) is 17.8 Å². The van der Waals surface area contributed by atoms with Gasteiger partial charge in [0, 0.05) is 30.6 Å². The molecule has 23 heteroatoms. The number of nitrogens with one attached hydrogen (secondary N) is 4. The summed E-state index contributed by atoms with van der Waals surface area (Å²) in [6.07, 6.45) is -2.94. The number of aromatic amines is 1. The molecule has 4 rings (SSSR count). The number of nitrogens with two attached hydrogens (primary N) is 2. The molecule has 0 aliphatic rings. The third-order valence-electron chi connectivity index (χ3n) is 7.47. The standard InChI is InChI=1S/C21H30F3N2O8P.C14H13N7O2/c1-3-32-35(31,33-4-2)34-13-6-5-12-25-20(30)16-11-10-15(21(22,23)24)14-17(16)26-18(27)8-7-9-19(28)29;15-11(22)7-1-3-8(4-2-7)17-5-9-6-18-12-10(19-9)13(23)21-14(16)20-12/h10-11,14H,3-9,12-13H2,1-2H3,(H,25,30)(H,26,27)(H,28,29);1-4,6,17H,5H2,(H2,15,22)(H3,16,18,20,21,23). The second-order valence-corrected chi connectivity index (χ2v) is 13.6. The molecule has 0 unspecified atom stereocenters. The van der Waals surface area contributed by atoms with Crippen LogP contribution in [0.1, 0.15) is 77.9 Å². The largest absolute Gasteiger partial charge is 0.481 e. The van der Waals surface area contributed by atoms with Crippen LogP contribution >= 0.6 is 7.82 Å². The van der Waals surface area contributed by atoms with E-state index in [2.05, 4.69) is 35.9 Å². The quantitative estimate of drug-likeness (QED) is 0.0472. The van der Waals surface area contributed by atoms with Crippen molar-refractivity contribution < 1.29 is 55.6 Å². The van der Waals surface area contributed by atoms with Crippen LogP contribution in [-0.4, -0.2) is 75.1 Å². The van der Waals surface area contributed by atoms with Gasteiger partial charge in [-0.05, 0) is 75.6 Å². The fraction of sp³-hybridized carbons (Fsp3) is 0.371. The maximum Gasteiger partial charge on any atom is 0.474 e. The van der Waals surface area contributed by atoms with Crippen molar-refractivity contribution >= 4 is 60.0 Å². The smallest absolute Gasteiger partial charge is 0.474 e. The van der Waals surface area contributed by atoms with Crippen LogP contribution in [0.15, 0.2) is 53.5 Å². The highest BCUT2D eigenvalue weighted by molar-refractivity contribution is 7.48. The first-order valence-corrected chi connectivity index (χ1v) is 19.1. The number of aliphatic carboxylic acids is 1. The number of aromatic nitrogens is 4. The molecule has 9 N–H and O–H groups in total. The summed E-state index contributed by atoms with van der Waals surface area (Å²) in [7, 11) is -3.64. The first-order valence-electron chi connectivity index (χ1n) is 17.6. The van der Waals surface area contributed by atoms with E-state index in [1.54, 1.807) is 38.1 Å². The monoisotopic (exact) mass is 837 g/mol. The summed E-state index contributed by atoms with van der Waals surface area (Å²) in [6.45, 7) is 4.06. The number of unbranched alkanes of at least 4 members (excludes halogenated alkanes) is 1. The van der Waals surface area contributed by atoms with E-state index in [1.165, 1.54) is 6.20 Å². The molecule has 0 saturated heterocycles. The number of alkyl halides is 3. The summed E-state index contributed by atoms with van der Waals surface area (Å²) in [6, 6.07) is 9.02. The van der Waals surface area contributed by atoms with Gasteiger partial charge in [0.1, 0.15) is 0 Å². The molecular formula is C35H43F3N9O10P. The summed E-state index contributed by atoms with van der Waals surface area (Å²) in [4.78, 5) is 72.5. The molecule has 0 atom stereocenters. The number of nitrogen functional groups attached to an aromatic ring is 1. The van der Waals surface area contributed by atoms with E-state index in [0.29, 0.717) is 36.7 Å². The number of H-pyrrole nitrogens is 1. The lowest BCUT2D eigenvalue weighted by molar-refractivity contribution is -0.138. The van der Waals surface area contributed by atoms with E-state index >= 15 is 0 Å². The Balaban J connectivity index is 0.000000335. The number of rotatable bonds is 20. The molecule has 2 aromatic carbocycles. The molecule has 0 fully saturated rings. The van der Waals surface area contributed by atoms with Gasteiger partial charge >= 0.3 is 20.0 Å². The highest BCUT2D eigenvalue weighted by Gasteiger charge is 2.32. The van der Waals surface area contributed by atoms with Gasteiger partial charge in [0.2, 0.25) is 17.8 Å². The predicted molar refractivity (Wildman–Crippen MR) is 205 cm³/mol. The van der Waals surface area contributed by atoms with Gasteiger partial charge in [0.15, 0.2) is 11.2 Å². The number of phosphoric ester groups is 1. The van der Waals surface area contributed by atoms with E-state index in [-0.39, 0.29) is 74.0 Å². The van der Waals surface area contributed by atoms with E-state index < -0.39 is 48.8 Å². The van der Waals surface area contributed by atoms with Gasteiger partial charge in [-0.15, -0.1) is 0 Å². The number of hydrogen-bond acceptors (Lipinski definition) is 14. The summed E-state index contributed by atoms with van der Waals surface area (Å²) in [5.74, 6) is -3.03. The van der Waals surface area contributed by atoms with Gasteiger partial charge in [-0.25, -0.2) is 14.5 Å². The Labute approximate surface area is 329 Å². The van der Waals surface area contributed by atoms with Crippen LogP contribution in [-0.2, 0) is 40.4 Å². The second kappa shape index (κ2) is 22.1. The maximum atomic E-state index is 13.1. The molecular weight excluding hydrogens is 794 g/mol. The molecule has 3 amide bonds.